The zero-order chi connectivity index (χ0) is 27.9. The molecule has 0 saturated carbocycles. The number of amides is 2. The molecule has 5 aromatic rings. The number of rotatable bonds is 2. The van der Waals surface area contributed by atoms with Crippen molar-refractivity contribution in [1.82, 2.24) is 9.47 Å². The Morgan fingerprint density at radius 3 is 2.03 bits per heavy atom. The number of benzene rings is 4. The first-order chi connectivity index (χ1) is 18.4. The topological polar surface area (TPSA) is 42.3 Å². The molecular formula is C29H16F6N2O2. The zero-order valence-electron chi connectivity index (χ0n) is 20.0. The summed E-state index contributed by atoms with van der Waals surface area (Å²) in [7, 11) is 1.34. The molecule has 10 heteroatoms. The molecule has 4 nitrogen and oxygen atoms in total. The van der Waals surface area contributed by atoms with E-state index in [1.54, 1.807) is 47.0 Å². The van der Waals surface area contributed by atoms with Gasteiger partial charge in [-0.2, -0.15) is 26.3 Å². The molecule has 0 radical (unpaired) electrons. The molecule has 0 fully saturated rings. The molecule has 0 N–H and O–H groups in total. The Labute approximate surface area is 216 Å². The molecule has 1 aliphatic rings. The van der Waals surface area contributed by atoms with Gasteiger partial charge in [-0.1, -0.05) is 48.5 Å². The number of fused-ring (bicyclic) bond motifs is 4. The highest BCUT2D eigenvalue weighted by molar-refractivity contribution is 6.23. The monoisotopic (exact) mass is 538 g/mol. The quantitative estimate of drug-likeness (QED) is 0.171. The SMILES string of the molecule is CN1C(=O)c2cccc(-n3c4ccccc4c4cccc(-c5ccc(C(F)(F)F)cc5C(F)(F)F)c43)c2C1=O. The molecule has 0 bridgehead atoms. The summed E-state index contributed by atoms with van der Waals surface area (Å²) in [6, 6.07) is 17.8. The molecule has 1 aromatic heterocycles. The fourth-order valence-electron chi connectivity index (χ4n) is 5.25. The van der Waals surface area contributed by atoms with Gasteiger partial charge in [0.15, 0.2) is 0 Å². The summed E-state index contributed by atoms with van der Waals surface area (Å²) in [5, 5.41) is 1.18. The molecule has 196 valence electrons. The first-order valence-electron chi connectivity index (χ1n) is 11.7. The minimum Gasteiger partial charge on any atom is -0.308 e. The third-order valence-electron chi connectivity index (χ3n) is 6.97. The molecule has 2 amide bonds. The second-order valence-corrected chi connectivity index (χ2v) is 9.18. The molecule has 0 spiro atoms. The van der Waals surface area contributed by atoms with Crippen LogP contribution in [0.25, 0.3) is 38.6 Å². The minimum absolute atomic E-state index is 0.0208. The highest BCUT2D eigenvalue weighted by atomic mass is 19.4. The van der Waals surface area contributed by atoms with E-state index in [0.717, 1.165) is 11.0 Å². The average molecular weight is 538 g/mol. The fraction of sp³-hybridized carbons (Fsp3) is 0.103. The van der Waals surface area contributed by atoms with Gasteiger partial charge >= 0.3 is 12.4 Å². The number of nitrogens with zero attached hydrogens (tertiary/aromatic N) is 2. The van der Waals surface area contributed by atoms with E-state index in [4.69, 9.17) is 0 Å². The van der Waals surface area contributed by atoms with Crippen LogP contribution in [0, 0.1) is 0 Å². The van der Waals surface area contributed by atoms with Crippen molar-refractivity contribution in [1.29, 1.82) is 0 Å². The summed E-state index contributed by atoms with van der Waals surface area (Å²) < 4.78 is 84.2. The Balaban J connectivity index is 1.76. The van der Waals surface area contributed by atoms with Crippen molar-refractivity contribution in [3.8, 4) is 16.8 Å². The minimum atomic E-state index is -5.09. The lowest BCUT2D eigenvalue weighted by Gasteiger charge is -2.18. The maximum atomic E-state index is 14.2. The summed E-state index contributed by atoms with van der Waals surface area (Å²) in [6.45, 7) is 0. The van der Waals surface area contributed by atoms with Gasteiger partial charge in [0.2, 0.25) is 0 Å². The van der Waals surface area contributed by atoms with Gasteiger partial charge in [0.25, 0.3) is 11.8 Å². The smallest absolute Gasteiger partial charge is 0.308 e. The van der Waals surface area contributed by atoms with E-state index in [-0.39, 0.29) is 34.0 Å². The third kappa shape index (κ3) is 3.62. The second kappa shape index (κ2) is 8.20. The number of alkyl halides is 6. The van der Waals surface area contributed by atoms with E-state index in [0.29, 0.717) is 22.4 Å². The summed E-state index contributed by atoms with van der Waals surface area (Å²) in [5.41, 5.74) is -1.97. The molecule has 4 aromatic carbocycles. The van der Waals surface area contributed by atoms with Gasteiger partial charge in [-0.3, -0.25) is 14.5 Å². The van der Waals surface area contributed by atoms with E-state index in [9.17, 15) is 35.9 Å². The van der Waals surface area contributed by atoms with Gasteiger partial charge in [0.05, 0.1) is 39.0 Å². The first-order valence-corrected chi connectivity index (χ1v) is 11.7. The molecule has 2 heterocycles. The van der Waals surface area contributed by atoms with E-state index in [1.165, 1.54) is 25.2 Å². The maximum Gasteiger partial charge on any atom is 0.417 e. The second-order valence-electron chi connectivity index (χ2n) is 9.18. The van der Waals surface area contributed by atoms with Crippen LogP contribution >= 0.6 is 0 Å². The Morgan fingerprint density at radius 1 is 0.641 bits per heavy atom. The largest absolute Gasteiger partial charge is 0.417 e. The van der Waals surface area contributed by atoms with Crippen LogP contribution in [0.3, 0.4) is 0 Å². The number of halogens is 6. The summed E-state index contributed by atoms with van der Waals surface area (Å²) in [6.07, 6.45) is -10.1. The lowest BCUT2D eigenvalue weighted by atomic mass is 9.95. The number of carbonyl (C=O) groups is 2. The number of imide groups is 1. The summed E-state index contributed by atoms with van der Waals surface area (Å²) >= 11 is 0. The molecule has 6 rings (SSSR count). The summed E-state index contributed by atoms with van der Waals surface area (Å²) in [4.78, 5) is 26.8. The molecule has 0 atom stereocenters. The normalized spacial score (nSPS) is 14.1. The standard InChI is InChI=1S/C29H16F6N2O2/c1-36-26(38)20-9-5-11-23(24(20)27(36)39)37-22-10-3-2-6-17(22)19-8-4-7-18(25(19)37)16-13-12-15(28(30,31)32)14-21(16)29(33,34)35/h2-14H,1H3. The van der Waals surface area contributed by atoms with E-state index in [1.807, 2.05) is 0 Å². The number of para-hydroxylation sites is 2. The van der Waals surface area contributed by atoms with Gasteiger partial charge in [0, 0.05) is 23.4 Å². The number of aromatic nitrogens is 1. The van der Waals surface area contributed by atoms with Gasteiger partial charge in [-0.15, -0.1) is 0 Å². The van der Waals surface area contributed by atoms with Crippen LogP contribution in [0.2, 0.25) is 0 Å². The van der Waals surface area contributed by atoms with Crippen molar-refractivity contribution in [3.05, 3.63) is 101 Å². The van der Waals surface area contributed by atoms with Crippen LogP contribution in [-0.4, -0.2) is 28.3 Å². The van der Waals surface area contributed by atoms with Gasteiger partial charge in [-0.05, 0) is 35.9 Å². The van der Waals surface area contributed by atoms with Crippen LogP contribution in [0.4, 0.5) is 26.3 Å². The molecule has 0 saturated heterocycles. The van der Waals surface area contributed by atoms with E-state index >= 15 is 0 Å². The van der Waals surface area contributed by atoms with Crippen LogP contribution in [0.5, 0.6) is 0 Å². The molecular weight excluding hydrogens is 522 g/mol. The lowest BCUT2D eigenvalue weighted by Crippen LogP contribution is -2.24. The summed E-state index contributed by atoms with van der Waals surface area (Å²) in [5.74, 6) is -1.08. The predicted molar refractivity (Wildman–Crippen MR) is 133 cm³/mol. The first kappa shape index (κ1) is 24.7. The lowest BCUT2D eigenvalue weighted by molar-refractivity contribution is -0.142. The van der Waals surface area contributed by atoms with E-state index < -0.39 is 40.9 Å². The number of carbonyl (C=O) groups excluding carboxylic acids is 2. The average Bonchev–Trinajstić information content (AvgIpc) is 3.35. The Kier molecular flexibility index (Phi) is 5.20. The zero-order valence-corrected chi connectivity index (χ0v) is 20.0. The van der Waals surface area contributed by atoms with Crippen LogP contribution in [-0.2, 0) is 12.4 Å². The van der Waals surface area contributed by atoms with E-state index in [2.05, 4.69) is 0 Å². The van der Waals surface area contributed by atoms with Gasteiger partial charge in [-0.25, -0.2) is 0 Å². The third-order valence-corrected chi connectivity index (χ3v) is 6.97. The van der Waals surface area contributed by atoms with Crippen LogP contribution < -0.4 is 0 Å². The van der Waals surface area contributed by atoms with Crippen molar-refractivity contribution < 1.29 is 35.9 Å². The van der Waals surface area contributed by atoms with Crippen molar-refractivity contribution in [2.24, 2.45) is 0 Å². The molecule has 1 aliphatic heterocycles. The Bertz CT molecular complexity index is 1850. The van der Waals surface area contributed by atoms with Crippen LogP contribution in [0.15, 0.2) is 78.9 Å². The number of hydrogen-bond acceptors (Lipinski definition) is 2. The Morgan fingerprint density at radius 2 is 1.31 bits per heavy atom. The van der Waals surface area contributed by atoms with Crippen molar-refractivity contribution in [3.63, 3.8) is 0 Å². The maximum absolute atomic E-state index is 14.2. The van der Waals surface area contributed by atoms with Crippen LogP contribution in [0.1, 0.15) is 31.8 Å². The molecule has 0 aliphatic carbocycles. The number of hydrogen-bond donors (Lipinski definition) is 0. The van der Waals surface area contributed by atoms with Crippen molar-refractivity contribution >= 4 is 33.6 Å². The predicted octanol–water partition coefficient (Wildman–Crippen LogP) is 7.71. The fourth-order valence-corrected chi connectivity index (χ4v) is 5.25. The highest BCUT2D eigenvalue weighted by Crippen LogP contribution is 2.45. The Hall–Kier alpha value is -4.60. The highest BCUT2D eigenvalue weighted by Gasteiger charge is 2.39. The molecule has 39 heavy (non-hydrogen) atoms. The van der Waals surface area contributed by atoms with Crippen molar-refractivity contribution in [2.75, 3.05) is 7.05 Å². The van der Waals surface area contributed by atoms with Crippen molar-refractivity contribution in [2.45, 2.75) is 12.4 Å². The van der Waals surface area contributed by atoms with Gasteiger partial charge < -0.3 is 4.57 Å². The molecule has 0 unspecified atom stereocenters. The van der Waals surface area contributed by atoms with Gasteiger partial charge in [0.1, 0.15) is 0 Å².